The van der Waals surface area contributed by atoms with Crippen molar-refractivity contribution in [3.8, 4) is 11.1 Å². The molecule has 0 bridgehead atoms. The first-order valence-corrected chi connectivity index (χ1v) is 12.1. The van der Waals surface area contributed by atoms with E-state index in [1.165, 1.54) is 0 Å². The maximum absolute atomic E-state index is 12.7. The van der Waals surface area contributed by atoms with Gasteiger partial charge in [0.15, 0.2) is 0 Å². The van der Waals surface area contributed by atoms with Gasteiger partial charge in [-0.1, -0.05) is 76.1 Å². The van der Waals surface area contributed by atoms with Gasteiger partial charge in [0, 0.05) is 22.0 Å². The zero-order valence-electron chi connectivity index (χ0n) is 18.5. The maximum Gasteiger partial charge on any atom is 0.407 e. The van der Waals surface area contributed by atoms with E-state index >= 15 is 0 Å². The lowest BCUT2D eigenvalue weighted by atomic mass is 9.98. The first kappa shape index (κ1) is 24.8. The molecule has 7 nitrogen and oxygen atoms in total. The Bertz CT molecular complexity index is 1240. The minimum absolute atomic E-state index is 0.0505. The molecule has 1 unspecified atom stereocenters. The summed E-state index contributed by atoms with van der Waals surface area (Å²) in [5.74, 6) is -2.04. The van der Waals surface area contributed by atoms with Crippen LogP contribution in [0.25, 0.3) is 11.1 Å². The zero-order chi connectivity index (χ0) is 24.9. The smallest absolute Gasteiger partial charge is 0.407 e. The van der Waals surface area contributed by atoms with Crippen molar-refractivity contribution in [1.82, 2.24) is 10.6 Å². The van der Waals surface area contributed by atoms with E-state index in [2.05, 4.69) is 26.6 Å². The topological polar surface area (TPSA) is 105 Å². The third kappa shape index (κ3) is 5.83. The molecule has 0 aromatic heterocycles. The molecule has 4 rings (SSSR count). The van der Waals surface area contributed by atoms with Gasteiger partial charge in [0.25, 0.3) is 0 Å². The third-order valence-corrected chi connectivity index (χ3v) is 6.65. The van der Waals surface area contributed by atoms with E-state index in [4.69, 9.17) is 16.3 Å². The summed E-state index contributed by atoms with van der Waals surface area (Å²) in [4.78, 5) is 36.5. The second-order valence-electron chi connectivity index (χ2n) is 8.07. The number of aliphatic carboxylic acids is 1. The van der Waals surface area contributed by atoms with Crippen LogP contribution in [0.3, 0.4) is 0 Å². The van der Waals surface area contributed by atoms with Gasteiger partial charge in [-0.3, -0.25) is 9.59 Å². The number of carbonyl (C=O) groups is 3. The monoisotopic (exact) mass is 556 g/mol. The van der Waals surface area contributed by atoms with Crippen molar-refractivity contribution in [3.63, 3.8) is 0 Å². The van der Waals surface area contributed by atoms with Crippen LogP contribution in [0.4, 0.5) is 4.79 Å². The van der Waals surface area contributed by atoms with Crippen LogP contribution in [0.15, 0.2) is 71.2 Å². The maximum atomic E-state index is 12.7. The number of alkyl carbamates (subject to hydrolysis) is 1. The molecule has 0 heterocycles. The van der Waals surface area contributed by atoms with Crippen molar-refractivity contribution in [3.05, 3.63) is 92.9 Å². The average molecular weight is 558 g/mol. The van der Waals surface area contributed by atoms with Gasteiger partial charge < -0.3 is 20.5 Å². The number of nitrogens with one attached hydrogen (secondary N) is 2. The number of hydrogen-bond donors (Lipinski definition) is 3. The van der Waals surface area contributed by atoms with Gasteiger partial charge in [0.05, 0.1) is 6.42 Å². The summed E-state index contributed by atoms with van der Waals surface area (Å²) >= 11 is 9.49. The molecule has 3 aromatic carbocycles. The Balaban J connectivity index is 1.39. The molecule has 1 aliphatic carbocycles. The van der Waals surface area contributed by atoms with Crippen LogP contribution in [0.5, 0.6) is 0 Å². The van der Waals surface area contributed by atoms with Gasteiger partial charge in [-0.2, -0.15) is 0 Å². The van der Waals surface area contributed by atoms with Gasteiger partial charge >= 0.3 is 12.1 Å². The fraction of sp³-hybridized carbons (Fsp3) is 0.192. The number of halogens is 2. The highest BCUT2D eigenvalue weighted by molar-refractivity contribution is 9.10. The number of fused-ring (bicyclic) bond motifs is 3. The van der Waals surface area contributed by atoms with E-state index in [0.29, 0.717) is 10.6 Å². The molecule has 0 aliphatic heterocycles. The van der Waals surface area contributed by atoms with E-state index in [-0.39, 0.29) is 19.1 Å². The number of carboxylic acid groups (broad SMARTS) is 1. The normalized spacial score (nSPS) is 12.9. The molecule has 0 saturated carbocycles. The Kier molecular flexibility index (Phi) is 7.73. The lowest BCUT2D eigenvalue weighted by molar-refractivity contribution is -0.139. The summed E-state index contributed by atoms with van der Waals surface area (Å²) in [6, 6.07) is 19.7. The molecule has 0 fully saturated rings. The molecule has 3 aromatic rings. The standard InChI is InChI=1S/C26H22BrClN2O5/c27-16-9-10-22(28)15(11-16)13-29-25(33)23(12-24(31)32)30-26(34)35-14-21-19-7-3-1-5-17(19)18-6-2-4-8-20(18)21/h1-11,21,23H,12-14H2,(H,29,33)(H,30,34)(H,31,32). The number of hydrogen-bond acceptors (Lipinski definition) is 4. The molecule has 1 aliphatic rings. The number of carboxylic acids is 1. The summed E-state index contributed by atoms with van der Waals surface area (Å²) in [6.45, 7) is 0.120. The molecule has 0 radical (unpaired) electrons. The van der Waals surface area contributed by atoms with Crippen molar-refractivity contribution in [2.24, 2.45) is 0 Å². The molecule has 9 heteroatoms. The lowest BCUT2D eigenvalue weighted by Gasteiger charge is -2.19. The molecule has 3 N–H and O–H groups in total. The van der Waals surface area contributed by atoms with Crippen molar-refractivity contribution in [1.29, 1.82) is 0 Å². The summed E-state index contributed by atoms with van der Waals surface area (Å²) in [6.07, 6.45) is -1.46. The largest absolute Gasteiger partial charge is 0.481 e. The van der Waals surface area contributed by atoms with Crippen LogP contribution in [-0.4, -0.2) is 35.7 Å². The van der Waals surface area contributed by atoms with Crippen LogP contribution in [0.2, 0.25) is 5.02 Å². The Morgan fingerprint density at radius 3 is 2.26 bits per heavy atom. The molecule has 1 atom stereocenters. The van der Waals surface area contributed by atoms with E-state index in [1.807, 2.05) is 48.5 Å². The lowest BCUT2D eigenvalue weighted by Crippen LogP contribution is -2.48. The first-order chi connectivity index (χ1) is 16.8. The Morgan fingerprint density at radius 2 is 1.63 bits per heavy atom. The van der Waals surface area contributed by atoms with Crippen molar-refractivity contribution >= 4 is 45.5 Å². The van der Waals surface area contributed by atoms with Crippen LogP contribution in [0.1, 0.15) is 29.0 Å². The SMILES string of the molecule is O=C(O)CC(NC(=O)OCC1c2ccccc2-c2ccccc21)C(=O)NCc1cc(Br)ccc1Cl. The predicted molar refractivity (Wildman–Crippen MR) is 135 cm³/mol. The second-order valence-corrected chi connectivity index (χ2v) is 9.40. The summed E-state index contributed by atoms with van der Waals surface area (Å²) in [5, 5.41) is 14.7. The second kappa shape index (κ2) is 10.9. The summed E-state index contributed by atoms with van der Waals surface area (Å²) in [5.41, 5.74) is 4.92. The van der Waals surface area contributed by atoms with Crippen LogP contribution in [-0.2, 0) is 20.9 Å². The highest BCUT2D eigenvalue weighted by Gasteiger charge is 2.30. The van der Waals surface area contributed by atoms with E-state index in [0.717, 1.165) is 26.7 Å². The van der Waals surface area contributed by atoms with Gasteiger partial charge in [-0.25, -0.2) is 4.79 Å². The molecule has 2 amide bonds. The molecular weight excluding hydrogens is 536 g/mol. The van der Waals surface area contributed by atoms with Crippen LogP contribution < -0.4 is 10.6 Å². The summed E-state index contributed by atoms with van der Waals surface area (Å²) < 4.78 is 6.23. The number of amides is 2. The fourth-order valence-electron chi connectivity index (χ4n) is 4.15. The van der Waals surface area contributed by atoms with Crippen molar-refractivity contribution in [2.75, 3.05) is 6.61 Å². The predicted octanol–water partition coefficient (Wildman–Crippen LogP) is 5.10. The number of ether oxygens (including phenoxy) is 1. The zero-order valence-corrected chi connectivity index (χ0v) is 20.8. The fourth-order valence-corrected chi connectivity index (χ4v) is 4.74. The Hall–Kier alpha value is -3.36. The van der Waals surface area contributed by atoms with Gasteiger partial charge in [-0.15, -0.1) is 0 Å². The van der Waals surface area contributed by atoms with E-state index < -0.39 is 30.4 Å². The minimum atomic E-state index is -1.31. The molecular formula is C26H22BrClN2O5. The van der Waals surface area contributed by atoms with Crippen LogP contribution in [0, 0.1) is 0 Å². The quantitative estimate of drug-likeness (QED) is 0.357. The first-order valence-electron chi connectivity index (χ1n) is 10.9. The third-order valence-electron chi connectivity index (χ3n) is 5.79. The van der Waals surface area contributed by atoms with Crippen LogP contribution >= 0.6 is 27.5 Å². The molecule has 35 heavy (non-hydrogen) atoms. The molecule has 180 valence electrons. The number of benzene rings is 3. The van der Waals surface area contributed by atoms with Gasteiger partial charge in [0.2, 0.25) is 5.91 Å². The Morgan fingerprint density at radius 1 is 1.00 bits per heavy atom. The van der Waals surface area contributed by atoms with E-state index in [9.17, 15) is 19.5 Å². The number of rotatable bonds is 8. The van der Waals surface area contributed by atoms with Crippen molar-refractivity contribution < 1.29 is 24.2 Å². The van der Waals surface area contributed by atoms with Crippen molar-refractivity contribution in [2.45, 2.75) is 24.9 Å². The average Bonchev–Trinajstić information content (AvgIpc) is 3.16. The number of carbonyl (C=O) groups excluding carboxylic acids is 2. The summed E-state index contributed by atoms with van der Waals surface area (Å²) in [7, 11) is 0. The highest BCUT2D eigenvalue weighted by Crippen LogP contribution is 2.44. The minimum Gasteiger partial charge on any atom is -0.481 e. The molecule has 0 saturated heterocycles. The van der Waals surface area contributed by atoms with Gasteiger partial charge in [-0.05, 0) is 46.0 Å². The van der Waals surface area contributed by atoms with E-state index in [1.54, 1.807) is 18.2 Å². The van der Waals surface area contributed by atoms with Gasteiger partial charge in [0.1, 0.15) is 12.6 Å². The highest BCUT2D eigenvalue weighted by atomic mass is 79.9. The Labute approximate surface area is 215 Å². The molecule has 0 spiro atoms.